The molecular formula is C18H29N5O3. The molecule has 0 spiro atoms. The highest BCUT2D eigenvalue weighted by molar-refractivity contribution is 5.93. The van der Waals surface area contributed by atoms with Gasteiger partial charge in [0.25, 0.3) is 5.91 Å². The highest BCUT2D eigenvalue weighted by atomic mass is 16.6. The van der Waals surface area contributed by atoms with Crippen molar-refractivity contribution in [2.75, 3.05) is 50.8 Å². The summed E-state index contributed by atoms with van der Waals surface area (Å²) in [6.45, 7) is 10.2. The molecule has 2 heterocycles. The van der Waals surface area contributed by atoms with Crippen molar-refractivity contribution in [1.29, 1.82) is 0 Å². The minimum Gasteiger partial charge on any atom is -0.450 e. The number of amides is 2. The van der Waals surface area contributed by atoms with Gasteiger partial charge in [-0.2, -0.15) is 0 Å². The van der Waals surface area contributed by atoms with Crippen molar-refractivity contribution in [2.24, 2.45) is 0 Å². The van der Waals surface area contributed by atoms with Gasteiger partial charge in [-0.1, -0.05) is 13.8 Å². The fourth-order valence-corrected chi connectivity index (χ4v) is 2.99. The molecule has 0 aromatic carbocycles. The molecule has 0 radical (unpaired) electrons. The minimum atomic E-state index is -0.277. The second kappa shape index (κ2) is 9.94. The van der Waals surface area contributed by atoms with Crippen LogP contribution in [0.2, 0.25) is 0 Å². The smallest absolute Gasteiger partial charge is 0.409 e. The molecule has 1 fully saturated rings. The van der Waals surface area contributed by atoms with Crippen LogP contribution in [0, 0.1) is 0 Å². The number of carbonyl (C=O) groups is 2. The highest BCUT2D eigenvalue weighted by Crippen LogP contribution is 2.16. The van der Waals surface area contributed by atoms with E-state index in [1.165, 1.54) is 6.33 Å². The maximum absolute atomic E-state index is 12.7. The Hall–Kier alpha value is -2.38. The summed E-state index contributed by atoms with van der Waals surface area (Å²) >= 11 is 0. The summed E-state index contributed by atoms with van der Waals surface area (Å²) < 4.78 is 5.04. The predicted octanol–water partition coefficient (Wildman–Crippen LogP) is 2.02. The minimum absolute atomic E-state index is 0.0532. The van der Waals surface area contributed by atoms with E-state index in [9.17, 15) is 9.59 Å². The molecule has 8 nitrogen and oxygen atoms in total. The predicted molar refractivity (Wildman–Crippen MR) is 99.3 cm³/mol. The number of piperazine rings is 1. The van der Waals surface area contributed by atoms with Gasteiger partial charge < -0.3 is 19.4 Å². The van der Waals surface area contributed by atoms with E-state index in [-0.39, 0.29) is 12.0 Å². The molecule has 1 aromatic rings. The fourth-order valence-electron chi connectivity index (χ4n) is 2.99. The molecule has 144 valence electrons. The number of nitrogens with zero attached hydrogens (tertiary/aromatic N) is 5. The SMILES string of the molecule is CCCN(CCC)C(=O)c1cc(N2CCN(C(=O)OCC)CC2)ncn1. The van der Waals surface area contributed by atoms with E-state index in [0.717, 1.165) is 31.7 Å². The highest BCUT2D eigenvalue weighted by Gasteiger charge is 2.24. The lowest BCUT2D eigenvalue weighted by molar-refractivity contribution is 0.0749. The van der Waals surface area contributed by atoms with Crippen molar-refractivity contribution in [3.05, 3.63) is 18.1 Å². The van der Waals surface area contributed by atoms with Crippen LogP contribution in [0.4, 0.5) is 10.6 Å². The normalized spacial score (nSPS) is 14.3. The molecule has 1 aliphatic rings. The zero-order valence-electron chi connectivity index (χ0n) is 16.0. The quantitative estimate of drug-likeness (QED) is 0.737. The molecule has 2 amide bonds. The largest absolute Gasteiger partial charge is 0.450 e. The average Bonchev–Trinajstić information content (AvgIpc) is 2.67. The van der Waals surface area contributed by atoms with E-state index in [2.05, 4.69) is 28.7 Å². The van der Waals surface area contributed by atoms with E-state index in [4.69, 9.17) is 4.74 Å². The number of anilines is 1. The zero-order valence-corrected chi connectivity index (χ0v) is 16.0. The van der Waals surface area contributed by atoms with Gasteiger partial charge in [-0.15, -0.1) is 0 Å². The van der Waals surface area contributed by atoms with Crippen molar-refractivity contribution >= 4 is 17.8 Å². The van der Waals surface area contributed by atoms with Crippen molar-refractivity contribution in [1.82, 2.24) is 19.8 Å². The zero-order chi connectivity index (χ0) is 18.9. The molecule has 1 aromatic heterocycles. The first-order valence-electron chi connectivity index (χ1n) is 9.38. The van der Waals surface area contributed by atoms with Crippen molar-refractivity contribution in [2.45, 2.75) is 33.6 Å². The second-order valence-electron chi connectivity index (χ2n) is 6.23. The summed E-state index contributed by atoms with van der Waals surface area (Å²) in [6, 6.07) is 1.75. The molecule has 0 unspecified atom stereocenters. The standard InChI is InChI=1S/C18H29N5O3/c1-4-7-22(8-5-2)17(24)15-13-16(20-14-19-15)21-9-11-23(12-10-21)18(25)26-6-3/h13-14H,4-12H2,1-3H3. The summed E-state index contributed by atoms with van der Waals surface area (Å²) in [6.07, 6.45) is 3.00. The van der Waals surface area contributed by atoms with E-state index in [1.807, 2.05) is 4.90 Å². The lowest BCUT2D eigenvalue weighted by Gasteiger charge is -2.34. The molecule has 1 saturated heterocycles. The molecule has 0 bridgehead atoms. The molecule has 26 heavy (non-hydrogen) atoms. The van der Waals surface area contributed by atoms with Crippen LogP contribution in [-0.4, -0.2) is 77.6 Å². The molecule has 8 heteroatoms. The van der Waals surface area contributed by atoms with E-state index >= 15 is 0 Å². The average molecular weight is 363 g/mol. The number of aromatic nitrogens is 2. The Bertz CT molecular complexity index is 596. The Morgan fingerprint density at radius 3 is 2.31 bits per heavy atom. The lowest BCUT2D eigenvalue weighted by atomic mass is 10.2. The number of carbonyl (C=O) groups excluding carboxylic acids is 2. The van der Waals surface area contributed by atoms with Gasteiger partial charge in [0.05, 0.1) is 6.61 Å². The van der Waals surface area contributed by atoms with Crippen molar-refractivity contribution < 1.29 is 14.3 Å². The Labute approximate surface area is 155 Å². The van der Waals surface area contributed by atoms with Gasteiger partial charge in [0.1, 0.15) is 17.8 Å². The summed E-state index contributed by atoms with van der Waals surface area (Å²) in [4.78, 5) is 38.6. The first kappa shape index (κ1) is 19.9. The van der Waals surface area contributed by atoms with Gasteiger partial charge in [0.2, 0.25) is 0 Å². The Kier molecular flexibility index (Phi) is 7.62. The van der Waals surface area contributed by atoms with E-state index in [0.29, 0.717) is 38.5 Å². The summed E-state index contributed by atoms with van der Waals surface area (Å²) in [7, 11) is 0. The maximum atomic E-state index is 12.7. The molecule has 0 atom stereocenters. The molecule has 1 aliphatic heterocycles. The van der Waals surface area contributed by atoms with Crippen LogP contribution in [0.1, 0.15) is 44.1 Å². The number of rotatable bonds is 7. The van der Waals surface area contributed by atoms with Crippen molar-refractivity contribution in [3.63, 3.8) is 0 Å². The third kappa shape index (κ3) is 5.06. The van der Waals surface area contributed by atoms with Gasteiger partial charge in [0, 0.05) is 45.3 Å². The van der Waals surface area contributed by atoms with Crippen LogP contribution < -0.4 is 4.90 Å². The first-order valence-corrected chi connectivity index (χ1v) is 9.38. The molecule has 0 aliphatic carbocycles. The Balaban J connectivity index is 2.03. The van der Waals surface area contributed by atoms with Crippen LogP contribution in [0.5, 0.6) is 0 Å². The Morgan fingerprint density at radius 1 is 1.08 bits per heavy atom. The lowest BCUT2D eigenvalue weighted by Crippen LogP contribution is -2.49. The van der Waals surface area contributed by atoms with E-state index in [1.54, 1.807) is 17.9 Å². The van der Waals surface area contributed by atoms with Gasteiger partial charge in [-0.3, -0.25) is 4.79 Å². The van der Waals surface area contributed by atoms with Gasteiger partial charge in [-0.25, -0.2) is 14.8 Å². The monoisotopic (exact) mass is 363 g/mol. The van der Waals surface area contributed by atoms with Gasteiger partial charge in [0.15, 0.2) is 0 Å². The molecule has 2 rings (SSSR count). The van der Waals surface area contributed by atoms with Crippen LogP contribution >= 0.6 is 0 Å². The number of hydrogen-bond donors (Lipinski definition) is 0. The van der Waals surface area contributed by atoms with Gasteiger partial charge >= 0.3 is 6.09 Å². The van der Waals surface area contributed by atoms with Crippen molar-refractivity contribution in [3.8, 4) is 0 Å². The van der Waals surface area contributed by atoms with Crippen LogP contribution in [-0.2, 0) is 4.74 Å². The summed E-state index contributed by atoms with van der Waals surface area (Å²) in [5, 5.41) is 0. The third-order valence-electron chi connectivity index (χ3n) is 4.28. The molecule has 0 saturated carbocycles. The van der Waals surface area contributed by atoms with E-state index < -0.39 is 0 Å². The summed E-state index contributed by atoms with van der Waals surface area (Å²) in [5.41, 5.74) is 0.421. The number of hydrogen-bond acceptors (Lipinski definition) is 6. The molecular weight excluding hydrogens is 334 g/mol. The Morgan fingerprint density at radius 2 is 1.73 bits per heavy atom. The number of ether oxygens (including phenoxy) is 1. The fraction of sp³-hybridized carbons (Fsp3) is 0.667. The molecule has 0 N–H and O–H groups in total. The van der Waals surface area contributed by atoms with Crippen LogP contribution in [0.3, 0.4) is 0 Å². The second-order valence-corrected chi connectivity index (χ2v) is 6.23. The maximum Gasteiger partial charge on any atom is 0.409 e. The first-order chi connectivity index (χ1) is 12.6. The van der Waals surface area contributed by atoms with Gasteiger partial charge in [-0.05, 0) is 19.8 Å². The third-order valence-corrected chi connectivity index (χ3v) is 4.28. The van der Waals surface area contributed by atoms with Crippen LogP contribution in [0.15, 0.2) is 12.4 Å². The topological polar surface area (TPSA) is 78.9 Å². The summed E-state index contributed by atoms with van der Waals surface area (Å²) in [5.74, 6) is 0.669. The van der Waals surface area contributed by atoms with Crippen LogP contribution in [0.25, 0.3) is 0 Å².